The molecule has 0 radical (unpaired) electrons. The summed E-state index contributed by atoms with van der Waals surface area (Å²) in [5, 5.41) is 0. The van der Waals surface area contributed by atoms with Crippen LogP contribution in [0.5, 0.6) is 0 Å². The lowest BCUT2D eigenvalue weighted by Gasteiger charge is -2.28. The quantitative estimate of drug-likeness (QED) is 0.899. The molecule has 0 heterocycles. The van der Waals surface area contributed by atoms with Crippen molar-refractivity contribution in [1.82, 2.24) is 4.31 Å². The summed E-state index contributed by atoms with van der Waals surface area (Å²) in [4.78, 5) is -0.926. The molecule has 0 aliphatic rings. The maximum absolute atomic E-state index is 13.6. The Bertz CT molecular complexity index is 544. The van der Waals surface area contributed by atoms with Gasteiger partial charge in [0.1, 0.15) is 11.6 Å². The molecule has 4 nitrogen and oxygen atoms in total. The molecular formula is C12H19ClF2N2O2S. The number of hydrogen-bond acceptors (Lipinski definition) is 3. The SMILES string of the molecule is CN(CC(C)(C)CN)S(=O)(=O)c1c(F)cccc1F.Cl. The maximum Gasteiger partial charge on any atom is 0.248 e. The van der Waals surface area contributed by atoms with Crippen LogP contribution in [-0.4, -0.2) is 32.9 Å². The normalized spacial score (nSPS) is 12.3. The van der Waals surface area contributed by atoms with E-state index in [-0.39, 0.29) is 25.5 Å². The topological polar surface area (TPSA) is 63.4 Å². The van der Waals surface area contributed by atoms with Crippen LogP contribution >= 0.6 is 12.4 Å². The van der Waals surface area contributed by atoms with Crippen molar-refractivity contribution in [2.45, 2.75) is 18.7 Å². The minimum absolute atomic E-state index is 0. The van der Waals surface area contributed by atoms with Crippen LogP contribution in [0.4, 0.5) is 8.78 Å². The first-order valence-electron chi connectivity index (χ1n) is 5.72. The van der Waals surface area contributed by atoms with Crippen LogP contribution in [0.2, 0.25) is 0 Å². The third kappa shape index (κ3) is 4.12. The Morgan fingerprint density at radius 1 is 1.25 bits per heavy atom. The zero-order valence-corrected chi connectivity index (χ0v) is 13.2. The molecule has 0 bridgehead atoms. The molecule has 1 aromatic rings. The van der Waals surface area contributed by atoms with E-state index in [0.29, 0.717) is 0 Å². The highest BCUT2D eigenvalue weighted by molar-refractivity contribution is 7.89. The fraction of sp³-hybridized carbons (Fsp3) is 0.500. The van der Waals surface area contributed by atoms with Crippen molar-refractivity contribution in [2.24, 2.45) is 11.1 Å². The Kier molecular flexibility index (Phi) is 6.54. The summed E-state index contributed by atoms with van der Waals surface area (Å²) >= 11 is 0. The molecule has 20 heavy (non-hydrogen) atoms. The molecule has 2 N–H and O–H groups in total. The number of sulfonamides is 1. The molecule has 0 spiro atoms. The van der Waals surface area contributed by atoms with Crippen molar-refractivity contribution in [1.29, 1.82) is 0 Å². The highest BCUT2D eigenvalue weighted by Crippen LogP contribution is 2.24. The Labute approximate surface area is 124 Å². The van der Waals surface area contributed by atoms with Crippen molar-refractivity contribution < 1.29 is 17.2 Å². The summed E-state index contributed by atoms with van der Waals surface area (Å²) in [6, 6.07) is 2.95. The Hall–Kier alpha value is -0.760. The molecule has 0 aliphatic heterocycles. The van der Waals surface area contributed by atoms with Crippen molar-refractivity contribution >= 4 is 22.4 Å². The van der Waals surface area contributed by atoms with Gasteiger partial charge in [0.25, 0.3) is 0 Å². The average Bonchev–Trinajstić information content (AvgIpc) is 2.27. The van der Waals surface area contributed by atoms with E-state index in [0.717, 1.165) is 22.5 Å². The third-order valence-electron chi connectivity index (χ3n) is 2.79. The van der Waals surface area contributed by atoms with Crippen LogP contribution in [0.25, 0.3) is 0 Å². The fourth-order valence-electron chi connectivity index (χ4n) is 1.64. The van der Waals surface area contributed by atoms with Gasteiger partial charge in [-0.3, -0.25) is 0 Å². The summed E-state index contributed by atoms with van der Waals surface area (Å²) < 4.78 is 52.4. The van der Waals surface area contributed by atoms with Crippen LogP contribution in [0.15, 0.2) is 23.1 Å². The lowest BCUT2D eigenvalue weighted by molar-refractivity contribution is 0.290. The largest absolute Gasteiger partial charge is 0.330 e. The van der Waals surface area contributed by atoms with Crippen LogP contribution < -0.4 is 5.73 Å². The number of nitrogens with zero attached hydrogens (tertiary/aromatic N) is 1. The molecule has 0 amide bonds. The Balaban J connectivity index is 0.00000361. The maximum atomic E-state index is 13.6. The van der Waals surface area contributed by atoms with E-state index in [4.69, 9.17) is 5.73 Å². The van der Waals surface area contributed by atoms with Gasteiger partial charge in [-0.15, -0.1) is 12.4 Å². The number of halogens is 3. The second-order valence-electron chi connectivity index (χ2n) is 5.18. The van der Waals surface area contributed by atoms with Gasteiger partial charge >= 0.3 is 0 Å². The number of benzene rings is 1. The molecule has 0 aliphatic carbocycles. The first-order valence-corrected chi connectivity index (χ1v) is 7.16. The van der Waals surface area contributed by atoms with Crippen molar-refractivity contribution in [3.8, 4) is 0 Å². The summed E-state index contributed by atoms with van der Waals surface area (Å²) in [6.07, 6.45) is 0. The van der Waals surface area contributed by atoms with E-state index in [9.17, 15) is 17.2 Å². The number of hydrogen-bond donors (Lipinski definition) is 1. The Morgan fingerprint density at radius 3 is 2.10 bits per heavy atom. The number of nitrogens with two attached hydrogens (primary N) is 1. The van der Waals surface area contributed by atoms with Gasteiger partial charge in [-0.1, -0.05) is 19.9 Å². The van der Waals surface area contributed by atoms with Gasteiger partial charge in [-0.2, -0.15) is 0 Å². The first-order chi connectivity index (χ1) is 8.62. The third-order valence-corrected chi connectivity index (χ3v) is 4.65. The second kappa shape index (κ2) is 6.80. The summed E-state index contributed by atoms with van der Waals surface area (Å²) in [6.45, 7) is 3.87. The fourth-order valence-corrected chi connectivity index (χ4v) is 3.10. The molecule has 1 rings (SSSR count). The van der Waals surface area contributed by atoms with Gasteiger partial charge < -0.3 is 5.73 Å². The highest BCUT2D eigenvalue weighted by Gasteiger charge is 2.31. The van der Waals surface area contributed by atoms with Crippen LogP contribution in [-0.2, 0) is 10.0 Å². The standard InChI is InChI=1S/C12H18F2N2O2S.ClH/c1-12(2,7-15)8-16(3)19(17,18)11-9(13)5-4-6-10(11)14;/h4-6H,7-8,15H2,1-3H3;1H. The molecule has 0 aromatic heterocycles. The zero-order valence-electron chi connectivity index (χ0n) is 11.6. The van der Waals surface area contributed by atoms with Crippen molar-refractivity contribution in [3.05, 3.63) is 29.8 Å². The zero-order chi connectivity index (χ0) is 14.8. The number of rotatable bonds is 5. The molecule has 0 saturated carbocycles. The summed E-state index contributed by atoms with van der Waals surface area (Å²) in [5.41, 5.74) is 5.04. The van der Waals surface area contributed by atoms with Crippen molar-refractivity contribution in [2.75, 3.05) is 20.1 Å². The highest BCUT2D eigenvalue weighted by atomic mass is 35.5. The molecule has 0 atom stereocenters. The van der Waals surface area contributed by atoms with E-state index in [1.807, 2.05) is 0 Å². The Morgan fingerprint density at radius 2 is 1.70 bits per heavy atom. The molecule has 0 fully saturated rings. The summed E-state index contributed by atoms with van der Waals surface area (Å²) in [5.74, 6) is -2.20. The van der Waals surface area contributed by atoms with Gasteiger partial charge in [0.05, 0.1) is 0 Å². The average molecular weight is 329 g/mol. The van der Waals surface area contributed by atoms with E-state index >= 15 is 0 Å². The van der Waals surface area contributed by atoms with Gasteiger partial charge in [0.15, 0.2) is 4.90 Å². The van der Waals surface area contributed by atoms with Gasteiger partial charge in [0, 0.05) is 13.6 Å². The lowest BCUT2D eigenvalue weighted by atomic mass is 9.94. The van der Waals surface area contributed by atoms with E-state index < -0.39 is 32.0 Å². The minimum atomic E-state index is -4.22. The van der Waals surface area contributed by atoms with Crippen LogP contribution in [0.3, 0.4) is 0 Å². The smallest absolute Gasteiger partial charge is 0.248 e. The molecule has 0 saturated heterocycles. The van der Waals surface area contributed by atoms with Gasteiger partial charge in [0.2, 0.25) is 10.0 Å². The predicted octanol–water partition coefficient (Wildman–Crippen LogP) is 1.99. The molecule has 8 heteroatoms. The summed E-state index contributed by atoms with van der Waals surface area (Å²) in [7, 11) is -2.94. The molecule has 0 unspecified atom stereocenters. The van der Waals surface area contributed by atoms with Gasteiger partial charge in [-0.25, -0.2) is 21.5 Å². The lowest BCUT2D eigenvalue weighted by Crippen LogP contribution is -2.40. The van der Waals surface area contributed by atoms with Crippen LogP contribution in [0.1, 0.15) is 13.8 Å². The second-order valence-corrected chi connectivity index (χ2v) is 7.16. The molecular weight excluding hydrogens is 310 g/mol. The van der Waals surface area contributed by atoms with E-state index in [2.05, 4.69) is 0 Å². The minimum Gasteiger partial charge on any atom is -0.330 e. The van der Waals surface area contributed by atoms with E-state index in [1.165, 1.54) is 7.05 Å². The molecule has 116 valence electrons. The monoisotopic (exact) mass is 328 g/mol. The van der Waals surface area contributed by atoms with Crippen molar-refractivity contribution in [3.63, 3.8) is 0 Å². The van der Waals surface area contributed by atoms with E-state index in [1.54, 1.807) is 13.8 Å². The van der Waals surface area contributed by atoms with Gasteiger partial charge in [-0.05, 0) is 24.1 Å². The molecule has 1 aromatic carbocycles. The first kappa shape index (κ1) is 19.2. The predicted molar refractivity (Wildman–Crippen MR) is 76.3 cm³/mol. The van der Waals surface area contributed by atoms with Crippen LogP contribution in [0, 0.1) is 17.0 Å².